The van der Waals surface area contributed by atoms with E-state index in [-0.39, 0.29) is 5.91 Å². The molecule has 1 saturated heterocycles. The zero-order chi connectivity index (χ0) is 16.4. The predicted molar refractivity (Wildman–Crippen MR) is 91.8 cm³/mol. The van der Waals surface area contributed by atoms with Gasteiger partial charge in [0.1, 0.15) is 5.82 Å². The van der Waals surface area contributed by atoms with E-state index in [0.717, 1.165) is 31.5 Å². The Balaban J connectivity index is 1.44. The lowest BCUT2D eigenvalue weighted by Gasteiger charge is -2.19. The molecule has 124 valence electrons. The van der Waals surface area contributed by atoms with Gasteiger partial charge in [-0.15, -0.1) is 0 Å². The summed E-state index contributed by atoms with van der Waals surface area (Å²) in [6, 6.07) is 2.14. The van der Waals surface area contributed by atoms with Crippen LogP contribution in [-0.2, 0) is 24.2 Å². The fraction of sp³-hybridized carbons (Fsp3) is 0.444. The fourth-order valence-corrected chi connectivity index (χ4v) is 3.51. The third kappa shape index (κ3) is 2.96. The molecule has 24 heavy (non-hydrogen) atoms. The summed E-state index contributed by atoms with van der Waals surface area (Å²) in [5.41, 5.74) is 3.93. The van der Waals surface area contributed by atoms with Gasteiger partial charge in [0.05, 0.1) is 24.6 Å². The molecule has 1 amide bonds. The highest BCUT2D eigenvalue weighted by Gasteiger charge is 2.22. The first kappa shape index (κ1) is 15.1. The molecular weight excluding hydrogens is 302 g/mol. The number of amides is 1. The molecule has 0 aromatic carbocycles. The van der Waals surface area contributed by atoms with E-state index in [1.54, 1.807) is 17.3 Å². The van der Waals surface area contributed by atoms with Crippen molar-refractivity contribution in [1.29, 1.82) is 0 Å². The summed E-state index contributed by atoms with van der Waals surface area (Å²) in [7, 11) is 0. The Hall–Kier alpha value is -2.50. The predicted octanol–water partition coefficient (Wildman–Crippen LogP) is 2.49. The normalized spacial score (nSPS) is 17.0. The Morgan fingerprint density at radius 1 is 1.04 bits per heavy atom. The van der Waals surface area contributed by atoms with Gasteiger partial charge in [-0.05, 0) is 49.3 Å². The van der Waals surface area contributed by atoms with Gasteiger partial charge in [-0.25, -0.2) is 9.97 Å². The van der Waals surface area contributed by atoms with Gasteiger partial charge < -0.3 is 5.32 Å². The highest BCUT2D eigenvalue weighted by atomic mass is 16.2. The Morgan fingerprint density at radius 3 is 2.75 bits per heavy atom. The van der Waals surface area contributed by atoms with E-state index >= 15 is 0 Å². The van der Waals surface area contributed by atoms with Crippen molar-refractivity contribution in [2.24, 2.45) is 0 Å². The number of aromatic nitrogens is 3. The summed E-state index contributed by atoms with van der Waals surface area (Å²) in [4.78, 5) is 26.7. The van der Waals surface area contributed by atoms with Crippen LogP contribution in [0.5, 0.6) is 0 Å². The second kappa shape index (κ2) is 6.55. The molecule has 2 aromatic rings. The van der Waals surface area contributed by atoms with Gasteiger partial charge in [-0.1, -0.05) is 0 Å². The Labute approximate surface area is 141 Å². The SMILES string of the molecule is O=C1CCCN1c1cnc(NCc2nccc3c2CCCC3)cn1. The number of nitrogens with zero attached hydrogens (tertiary/aromatic N) is 4. The molecule has 0 radical (unpaired) electrons. The number of hydrogen-bond acceptors (Lipinski definition) is 5. The lowest BCUT2D eigenvalue weighted by Crippen LogP contribution is -2.24. The van der Waals surface area contributed by atoms with E-state index in [0.29, 0.717) is 24.6 Å². The summed E-state index contributed by atoms with van der Waals surface area (Å²) in [5.74, 6) is 1.48. The summed E-state index contributed by atoms with van der Waals surface area (Å²) in [6.07, 6.45) is 11.5. The first-order valence-corrected chi connectivity index (χ1v) is 8.63. The molecule has 3 heterocycles. The number of fused-ring (bicyclic) bond motifs is 1. The monoisotopic (exact) mass is 323 g/mol. The van der Waals surface area contributed by atoms with Gasteiger partial charge in [0.25, 0.3) is 0 Å². The van der Waals surface area contributed by atoms with Crippen molar-refractivity contribution < 1.29 is 4.79 Å². The molecule has 1 N–H and O–H groups in total. The van der Waals surface area contributed by atoms with E-state index in [1.807, 2.05) is 6.20 Å². The van der Waals surface area contributed by atoms with Gasteiger partial charge in [0.15, 0.2) is 5.82 Å². The zero-order valence-electron chi connectivity index (χ0n) is 13.7. The maximum atomic E-state index is 11.7. The Bertz CT molecular complexity index is 744. The fourth-order valence-electron chi connectivity index (χ4n) is 3.51. The van der Waals surface area contributed by atoms with Gasteiger partial charge in [0.2, 0.25) is 5.91 Å². The van der Waals surface area contributed by atoms with Crippen LogP contribution in [0.25, 0.3) is 0 Å². The van der Waals surface area contributed by atoms with Crippen LogP contribution in [0.15, 0.2) is 24.7 Å². The van der Waals surface area contributed by atoms with Crippen molar-refractivity contribution in [3.63, 3.8) is 0 Å². The quantitative estimate of drug-likeness (QED) is 0.936. The van der Waals surface area contributed by atoms with Gasteiger partial charge in [-0.3, -0.25) is 14.7 Å². The third-order valence-electron chi connectivity index (χ3n) is 4.79. The molecule has 1 aliphatic heterocycles. The molecule has 1 aliphatic carbocycles. The van der Waals surface area contributed by atoms with Crippen molar-refractivity contribution in [1.82, 2.24) is 15.0 Å². The number of anilines is 2. The van der Waals surface area contributed by atoms with E-state index in [1.165, 1.54) is 24.0 Å². The molecule has 0 bridgehead atoms. The lowest BCUT2D eigenvalue weighted by atomic mass is 9.91. The lowest BCUT2D eigenvalue weighted by molar-refractivity contribution is -0.117. The Morgan fingerprint density at radius 2 is 1.96 bits per heavy atom. The van der Waals surface area contributed by atoms with Gasteiger partial charge >= 0.3 is 0 Å². The van der Waals surface area contributed by atoms with Crippen LogP contribution >= 0.6 is 0 Å². The number of rotatable bonds is 4. The maximum absolute atomic E-state index is 11.7. The molecular formula is C18H21N5O. The topological polar surface area (TPSA) is 71.0 Å². The summed E-state index contributed by atoms with van der Waals surface area (Å²) in [6.45, 7) is 1.39. The van der Waals surface area contributed by atoms with Crippen molar-refractivity contribution >= 4 is 17.5 Å². The minimum Gasteiger partial charge on any atom is -0.363 e. The number of carbonyl (C=O) groups excluding carboxylic acids is 1. The van der Waals surface area contributed by atoms with Crippen LogP contribution in [0.4, 0.5) is 11.6 Å². The average molecular weight is 323 g/mol. The second-order valence-electron chi connectivity index (χ2n) is 6.36. The van der Waals surface area contributed by atoms with Crippen LogP contribution in [0, 0.1) is 0 Å². The van der Waals surface area contributed by atoms with Crippen LogP contribution in [-0.4, -0.2) is 27.4 Å². The zero-order valence-corrected chi connectivity index (χ0v) is 13.7. The molecule has 0 spiro atoms. The second-order valence-corrected chi connectivity index (χ2v) is 6.36. The summed E-state index contributed by atoms with van der Waals surface area (Å²) in [5, 5.41) is 3.30. The number of aryl methyl sites for hydroxylation is 1. The standard InChI is InChI=1S/C18H21N5O/c24-18-6-3-9-23(18)17-12-21-16(11-22-17)20-10-15-14-5-2-1-4-13(14)7-8-19-15/h7-8,11-12H,1-6,9-10H2,(H,20,21). The molecule has 4 rings (SSSR count). The molecule has 0 unspecified atom stereocenters. The molecule has 6 heteroatoms. The van der Waals surface area contributed by atoms with E-state index in [2.05, 4.69) is 26.3 Å². The number of carbonyl (C=O) groups is 1. The first-order valence-electron chi connectivity index (χ1n) is 8.63. The van der Waals surface area contributed by atoms with E-state index in [4.69, 9.17) is 0 Å². The number of hydrogen-bond donors (Lipinski definition) is 1. The van der Waals surface area contributed by atoms with Crippen molar-refractivity contribution in [3.05, 3.63) is 41.5 Å². The smallest absolute Gasteiger partial charge is 0.228 e. The van der Waals surface area contributed by atoms with Gasteiger partial charge in [0, 0.05) is 19.2 Å². The maximum Gasteiger partial charge on any atom is 0.228 e. The average Bonchev–Trinajstić information content (AvgIpc) is 3.06. The molecule has 2 aromatic heterocycles. The minimum absolute atomic E-state index is 0.130. The van der Waals surface area contributed by atoms with Crippen molar-refractivity contribution in [2.45, 2.75) is 45.1 Å². The first-order chi connectivity index (χ1) is 11.8. The molecule has 1 fully saturated rings. The number of nitrogens with one attached hydrogen (secondary N) is 1. The van der Waals surface area contributed by atoms with Crippen LogP contribution in [0.1, 0.15) is 42.5 Å². The number of pyridine rings is 1. The van der Waals surface area contributed by atoms with E-state index < -0.39 is 0 Å². The molecule has 6 nitrogen and oxygen atoms in total. The third-order valence-corrected chi connectivity index (χ3v) is 4.79. The van der Waals surface area contributed by atoms with Crippen LogP contribution in [0.3, 0.4) is 0 Å². The van der Waals surface area contributed by atoms with Gasteiger partial charge in [-0.2, -0.15) is 0 Å². The van der Waals surface area contributed by atoms with E-state index in [9.17, 15) is 4.79 Å². The summed E-state index contributed by atoms with van der Waals surface area (Å²) >= 11 is 0. The van der Waals surface area contributed by atoms with Crippen molar-refractivity contribution in [3.8, 4) is 0 Å². The highest BCUT2D eigenvalue weighted by molar-refractivity contribution is 5.94. The molecule has 0 atom stereocenters. The van der Waals surface area contributed by atoms with Crippen LogP contribution < -0.4 is 10.2 Å². The van der Waals surface area contributed by atoms with Crippen molar-refractivity contribution in [2.75, 3.05) is 16.8 Å². The summed E-state index contributed by atoms with van der Waals surface area (Å²) < 4.78 is 0. The Kier molecular flexibility index (Phi) is 4.11. The molecule has 2 aliphatic rings. The molecule has 0 saturated carbocycles. The largest absolute Gasteiger partial charge is 0.363 e. The highest BCUT2D eigenvalue weighted by Crippen LogP contribution is 2.24. The minimum atomic E-state index is 0.130. The van der Waals surface area contributed by atoms with Crippen LogP contribution in [0.2, 0.25) is 0 Å².